The van der Waals surface area contributed by atoms with Crippen LogP contribution in [0.1, 0.15) is 17.3 Å². The molecule has 146 valence electrons. The second-order valence-corrected chi connectivity index (χ2v) is 6.50. The molecule has 1 saturated heterocycles. The molecule has 2 aromatic carbocycles. The summed E-state index contributed by atoms with van der Waals surface area (Å²) < 4.78 is 5.23. The van der Waals surface area contributed by atoms with Gasteiger partial charge in [0.15, 0.2) is 6.10 Å². The number of hydrogen-bond acceptors (Lipinski definition) is 6. The van der Waals surface area contributed by atoms with E-state index in [-0.39, 0.29) is 17.2 Å². The number of rotatable bonds is 5. The van der Waals surface area contributed by atoms with Crippen molar-refractivity contribution in [1.29, 1.82) is 0 Å². The van der Waals surface area contributed by atoms with Gasteiger partial charge in [0, 0.05) is 44.0 Å². The number of nitro groups is 1. The van der Waals surface area contributed by atoms with Crippen LogP contribution in [0.3, 0.4) is 0 Å². The number of para-hydroxylation sites is 1. The van der Waals surface area contributed by atoms with Crippen molar-refractivity contribution in [3.8, 4) is 0 Å². The molecule has 28 heavy (non-hydrogen) atoms. The van der Waals surface area contributed by atoms with E-state index < -0.39 is 17.0 Å². The maximum atomic E-state index is 12.6. The summed E-state index contributed by atoms with van der Waals surface area (Å²) in [6, 6.07) is 15.2. The largest absolute Gasteiger partial charge is 0.449 e. The van der Waals surface area contributed by atoms with E-state index in [0.717, 1.165) is 11.8 Å². The molecule has 0 saturated carbocycles. The fraction of sp³-hybridized carbons (Fsp3) is 0.300. The van der Waals surface area contributed by atoms with Crippen molar-refractivity contribution in [1.82, 2.24) is 4.90 Å². The Kier molecular flexibility index (Phi) is 5.88. The summed E-state index contributed by atoms with van der Waals surface area (Å²) in [5.74, 6) is -1.03. The van der Waals surface area contributed by atoms with E-state index in [2.05, 4.69) is 4.90 Å². The maximum Gasteiger partial charge on any atom is 0.339 e. The Labute approximate surface area is 162 Å². The number of hydrogen-bond donors (Lipinski definition) is 0. The van der Waals surface area contributed by atoms with Crippen LogP contribution in [0.2, 0.25) is 0 Å². The van der Waals surface area contributed by atoms with Crippen LogP contribution < -0.4 is 4.90 Å². The molecule has 1 unspecified atom stereocenters. The highest BCUT2D eigenvalue weighted by molar-refractivity contribution is 5.92. The first kappa shape index (κ1) is 19.3. The maximum absolute atomic E-state index is 12.6. The zero-order chi connectivity index (χ0) is 20.1. The number of benzene rings is 2. The van der Waals surface area contributed by atoms with Gasteiger partial charge in [-0.05, 0) is 25.1 Å². The predicted octanol–water partition coefficient (Wildman–Crippen LogP) is 2.49. The molecule has 8 heteroatoms. The van der Waals surface area contributed by atoms with Crippen molar-refractivity contribution in [3.05, 3.63) is 70.3 Å². The number of ether oxygens (including phenoxy) is 1. The number of nitrogens with zero attached hydrogens (tertiary/aromatic N) is 3. The average molecular weight is 383 g/mol. The number of amides is 1. The zero-order valence-corrected chi connectivity index (χ0v) is 15.5. The Morgan fingerprint density at radius 3 is 2.36 bits per heavy atom. The van der Waals surface area contributed by atoms with E-state index in [0.29, 0.717) is 26.2 Å². The monoisotopic (exact) mass is 383 g/mol. The Morgan fingerprint density at radius 1 is 1.04 bits per heavy atom. The molecule has 0 spiro atoms. The smallest absolute Gasteiger partial charge is 0.339 e. The number of non-ortho nitro benzene ring substituents is 1. The number of esters is 1. The van der Waals surface area contributed by atoms with Gasteiger partial charge in [0.05, 0.1) is 10.5 Å². The fourth-order valence-electron chi connectivity index (χ4n) is 3.11. The molecule has 1 amide bonds. The van der Waals surface area contributed by atoms with Crippen LogP contribution in [0.5, 0.6) is 0 Å². The quantitative estimate of drug-likeness (QED) is 0.447. The topological polar surface area (TPSA) is 93.0 Å². The Balaban J connectivity index is 1.55. The summed E-state index contributed by atoms with van der Waals surface area (Å²) in [7, 11) is 0. The van der Waals surface area contributed by atoms with E-state index in [1.54, 1.807) is 4.90 Å². The lowest BCUT2D eigenvalue weighted by Crippen LogP contribution is -2.51. The number of nitro benzene ring substituents is 1. The molecule has 3 rings (SSSR count). The minimum Gasteiger partial charge on any atom is -0.449 e. The van der Waals surface area contributed by atoms with Gasteiger partial charge in [0.2, 0.25) is 0 Å². The second-order valence-electron chi connectivity index (χ2n) is 6.50. The molecule has 1 atom stereocenters. The number of carbonyl (C=O) groups is 2. The SMILES string of the molecule is CC(OC(=O)c1cccc([N+](=O)[O-])c1)C(=O)N1CCN(c2ccccc2)CC1. The molecule has 1 aliphatic heterocycles. The normalized spacial score (nSPS) is 15.0. The molecule has 1 aliphatic rings. The standard InChI is InChI=1S/C20H21N3O5/c1-15(28-20(25)16-6-5-9-18(14-16)23(26)27)19(24)22-12-10-21(11-13-22)17-7-3-2-4-8-17/h2-9,14-15H,10-13H2,1H3. The number of carbonyl (C=O) groups excluding carboxylic acids is 2. The van der Waals surface area contributed by atoms with Gasteiger partial charge in [-0.1, -0.05) is 24.3 Å². The van der Waals surface area contributed by atoms with Crippen LogP contribution >= 0.6 is 0 Å². The fourth-order valence-corrected chi connectivity index (χ4v) is 3.11. The molecule has 2 aromatic rings. The van der Waals surface area contributed by atoms with Gasteiger partial charge in [-0.2, -0.15) is 0 Å². The lowest BCUT2D eigenvalue weighted by molar-refractivity contribution is -0.384. The Bertz CT molecular complexity index is 863. The van der Waals surface area contributed by atoms with Gasteiger partial charge in [-0.25, -0.2) is 4.79 Å². The predicted molar refractivity (Wildman–Crippen MR) is 103 cm³/mol. The van der Waals surface area contributed by atoms with E-state index in [9.17, 15) is 19.7 Å². The molecule has 0 aromatic heterocycles. The molecule has 0 aliphatic carbocycles. The molecule has 0 bridgehead atoms. The van der Waals surface area contributed by atoms with Crippen molar-refractivity contribution < 1.29 is 19.2 Å². The van der Waals surface area contributed by atoms with Crippen molar-refractivity contribution in [2.45, 2.75) is 13.0 Å². The first-order valence-electron chi connectivity index (χ1n) is 9.00. The van der Waals surface area contributed by atoms with Crippen molar-refractivity contribution in [2.75, 3.05) is 31.1 Å². The van der Waals surface area contributed by atoms with Crippen LogP contribution in [-0.4, -0.2) is 54.0 Å². The van der Waals surface area contributed by atoms with Gasteiger partial charge in [-0.15, -0.1) is 0 Å². The minimum atomic E-state index is -0.963. The van der Waals surface area contributed by atoms with E-state index in [4.69, 9.17) is 4.74 Å². The highest BCUT2D eigenvalue weighted by Gasteiger charge is 2.28. The third kappa shape index (κ3) is 4.46. The minimum absolute atomic E-state index is 0.0442. The van der Waals surface area contributed by atoms with Crippen molar-refractivity contribution in [2.24, 2.45) is 0 Å². The van der Waals surface area contributed by atoms with Crippen LogP contribution in [0, 0.1) is 10.1 Å². The molecular formula is C20H21N3O5. The van der Waals surface area contributed by atoms with Crippen LogP contribution in [0.25, 0.3) is 0 Å². The van der Waals surface area contributed by atoms with Gasteiger partial charge in [-0.3, -0.25) is 14.9 Å². The van der Waals surface area contributed by atoms with Crippen LogP contribution in [0.15, 0.2) is 54.6 Å². The summed E-state index contributed by atoms with van der Waals surface area (Å²) in [6.07, 6.45) is -0.963. The zero-order valence-electron chi connectivity index (χ0n) is 15.5. The average Bonchev–Trinajstić information content (AvgIpc) is 2.74. The lowest BCUT2D eigenvalue weighted by Gasteiger charge is -2.37. The second kappa shape index (κ2) is 8.51. The number of anilines is 1. The molecule has 0 radical (unpaired) electrons. The third-order valence-electron chi connectivity index (χ3n) is 4.64. The lowest BCUT2D eigenvalue weighted by atomic mass is 10.2. The van der Waals surface area contributed by atoms with E-state index in [1.165, 1.54) is 25.1 Å². The van der Waals surface area contributed by atoms with Crippen molar-refractivity contribution in [3.63, 3.8) is 0 Å². The third-order valence-corrected chi connectivity index (χ3v) is 4.64. The summed E-state index contributed by atoms with van der Waals surface area (Å²) in [5, 5.41) is 10.8. The highest BCUT2D eigenvalue weighted by atomic mass is 16.6. The number of piperazine rings is 1. The van der Waals surface area contributed by atoms with Crippen molar-refractivity contribution >= 4 is 23.3 Å². The summed E-state index contributed by atoms with van der Waals surface area (Å²) >= 11 is 0. The Hall–Kier alpha value is -3.42. The summed E-state index contributed by atoms with van der Waals surface area (Å²) in [6.45, 7) is 3.97. The molecule has 1 fully saturated rings. The van der Waals surface area contributed by atoms with Gasteiger partial charge in [0.25, 0.3) is 11.6 Å². The van der Waals surface area contributed by atoms with Gasteiger partial charge >= 0.3 is 5.97 Å². The van der Waals surface area contributed by atoms with Gasteiger partial charge in [0.1, 0.15) is 0 Å². The highest BCUT2D eigenvalue weighted by Crippen LogP contribution is 2.17. The van der Waals surface area contributed by atoms with E-state index in [1.807, 2.05) is 30.3 Å². The first-order valence-corrected chi connectivity index (χ1v) is 9.00. The first-order chi connectivity index (χ1) is 13.5. The van der Waals surface area contributed by atoms with E-state index >= 15 is 0 Å². The molecule has 0 N–H and O–H groups in total. The van der Waals surface area contributed by atoms with Crippen LogP contribution in [-0.2, 0) is 9.53 Å². The Morgan fingerprint density at radius 2 is 1.71 bits per heavy atom. The summed E-state index contributed by atoms with van der Waals surface area (Å²) in [4.78, 5) is 38.9. The molecular weight excluding hydrogens is 362 g/mol. The molecule has 8 nitrogen and oxygen atoms in total. The van der Waals surface area contributed by atoms with Crippen LogP contribution in [0.4, 0.5) is 11.4 Å². The molecule has 1 heterocycles. The summed E-state index contributed by atoms with van der Waals surface area (Å²) in [5.41, 5.74) is 0.952. The van der Waals surface area contributed by atoms with Gasteiger partial charge < -0.3 is 14.5 Å².